The van der Waals surface area contributed by atoms with Gasteiger partial charge in [-0.15, -0.1) is 0 Å². The first-order chi connectivity index (χ1) is 15.1. The van der Waals surface area contributed by atoms with E-state index in [1.807, 2.05) is 52.0 Å². The summed E-state index contributed by atoms with van der Waals surface area (Å²) in [6.07, 6.45) is 0.381. The van der Waals surface area contributed by atoms with Crippen LogP contribution in [0.1, 0.15) is 37.4 Å². The molecule has 32 heavy (non-hydrogen) atoms. The highest BCUT2D eigenvalue weighted by Crippen LogP contribution is 2.17. The highest BCUT2D eigenvalue weighted by atomic mass is 32.2. The maximum Gasteiger partial charge on any atom is 0.241 e. The Hall–Kier alpha value is -2.84. The third-order valence-corrected chi connectivity index (χ3v) is 6.72. The van der Waals surface area contributed by atoms with E-state index < -0.39 is 16.1 Å². The van der Waals surface area contributed by atoms with Gasteiger partial charge in [-0.05, 0) is 44.4 Å². The molecule has 1 unspecified atom stereocenters. The molecule has 0 radical (unpaired) electrons. The molecule has 0 bridgehead atoms. The van der Waals surface area contributed by atoms with Gasteiger partial charge in [0.05, 0.1) is 17.0 Å². The largest absolute Gasteiger partial charge is 0.337 e. The molecule has 3 rings (SSSR count). The molecule has 3 aromatic rings. The standard InChI is InChI=1S/C24H30N4O3S/c1-16(2)14-22(27-32(30,31)19-12-10-17(3)11-13-19)24(29)28(5)15-23-25-18(4)20-8-6-7-9-21(20)26-23/h6-13,16,22,27H,14-15H2,1-5H3. The van der Waals surface area contributed by atoms with Crippen molar-refractivity contribution in [2.45, 2.75) is 51.6 Å². The molecule has 1 heterocycles. The Morgan fingerprint density at radius 2 is 1.69 bits per heavy atom. The van der Waals surface area contributed by atoms with Crippen LogP contribution in [0.5, 0.6) is 0 Å². The fourth-order valence-electron chi connectivity index (χ4n) is 3.57. The SMILES string of the molecule is Cc1ccc(S(=O)(=O)NC(CC(C)C)C(=O)N(C)Cc2nc(C)c3ccccc3n2)cc1. The smallest absolute Gasteiger partial charge is 0.241 e. The van der Waals surface area contributed by atoms with E-state index in [0.717, 1.165) is 22.2 Å². The molecule has 7 nitrogen and oxygen atoms in total. The summed E-state index contributed by atoms with van der Waals surface area (Å²) in [6, 6.07) is 13.4. The number of nitrogens with zero attached hydrogens (tertiary/aromatic N) is 3. The van der Waals surface area contributed by atoms with E-state index in [-0.39, 0.29) is 23.3 Å². The van der Waals surface area contributed by atoms with Crippen LogP contribution >= 0.6 is 0 Å². The van der Waals surface area contributed by atoms with Crippen LogP contribution in [0.4, 0.5) is 0 Å². The fourth-order valence-corrected chi connectivity index (χ4v) is 4.77. The van der Waals surface area contributed by atoms with Gasteiger partial charge in [0.25, 0.3) is 0 Å². The summed E-state index contributed by atoms with van der Waals surface area (Å²) in [6.45, 7) is 7.89. The minimum absolute atomic E-state index is 0.122. The Kier molecular flexibility index (Phi) is 7.26. The Morgan fingerprint density at radius 1 is 1.03 bits per heavy atom. The summed E-state index contributed by atoms with van der Waals surface area (Å²) < 4.78 is 28.4. The summed E-state index contributed by atoms with van der Waals surface area (Å²) >= 11 is 0. The van der Waals surface area contributed by atoms with Crippen LogP contribution in [-0.2, 0) is 21.4 Å². The van der Waals surface area contributed by atoms with Crippen LogP contribution in [0.3, 0.4) is 0 Å². The number of aromatic nitrogens is 2. The highest BCUT2D eigenvalue weighted by Gasteiger charge is 2.29. The quantitative estimate of drug-likeness (QED) is 0.561. The maximum absolute atomic E-state index is 13.2. The van der Waals surface area contributed by atoms with Gasteiger partial charge < -0.3 is 4.90 Å². The zero-order valence-corrected chi connectivity index (χ0v) is 20.0. The summed E-state index contributed by atoms with van der Waals surface area (Å²) in [7, 11) is -2.19. The number of benzene rings is 2. The Balaban J connectivity index is 1.81. The van der Waals surface area contributed by atoms with Crippen LogP contribution in [0, 0.1) is 19.8 Å². The van der Waals surface area contributed by atoms with Crippen molar-refractivity contribution in [2.75, 3.05) is 7.05 Å². The first-order valence-corrected chi connectivity index (χ1v) is 12.1. The molecular weight excluding hydrogens is 424 g/mol. The second-order valence-corrected chi connectivity index (χ2v) is 10.3. The molecule has 1 atom stereocenters. The molecule has 0 aliphatic carbocycles. The minimum atomic E-state index is -3.84. The number of rotatable bonds is 8. The van der Waals surface area contributed by atoms with Crippen LogP contribution in [0.15, 0.2) is 53.4 Å². The van der Waals surface area contributed by atoms with Crippen molar-refractivity contribution in [3.8, 4) is 0 Å². The van der Waals surface area contributed by atoms with Gasteiger partial charge in [-0.2, -0.15) is 4.72 Å². The fraction of sp³-hybridized carbons (Fsp3) is 0.375. The van der Waals surface area contributed by atoms with Gasteiger partial charge in [0.1, 0.15) is 11.9 Å². The lowest BCUT2D eigenvalue weighted by Gasteiger charge is -2.25. The molecule has 2 aromatic carbocycles. The van der Waals surface area contributed by atoms with Crippen LogP contribution in [-0.4, -0.2) is 42.3 Å². The predicted molar refractivity (Wildman–Crippen MR) is 125 cm³/mol. The van der Waals surface area contributed by atoms with Gasteiger partial charge in [-0.3, -0.25) is 4.79 Å². The zero-order valence-electron chi connectivity index (χ0n) is 19.2. The first-order valence-electron chi connectivity index (χ1n) is 10.6. The van der Waals surface area contributed by atoms with Crippen molar-refractivity contribution in [3.05, 3.63) is 65.6 Å². The van der Waals surface area contributed by atoms with E-state index in [0.29, 0.717) is 12.2 Å². The number of nitrogens with one attached hydrogen (secondary N) is 1. The van der Waals surface area contributed by atoms with E-state index in [2.05, 4.69) is 14.7 Å². The lowest BCUT2D eigenvalue weighted by atomic mass is 10.0. The van der Waals surface area contributed by atoms with E-state index >= 15 is 0 Å². The monoisotopic (exact) mass is 454 g/mol. The van der Waals surface area contributed by atoms with Gasteiger partial charge >= 0.3 is 0 Å². The number of hydrogen-bond donors (Lipinski definition) is 1. The van der Waals surface area contributed by atoms with E-state index in [4.69, 9.17) is 0 Å². The van der Waals surface area contributed by atoms with Crippen molar-refractivity contribution in [2.24, 2.45) is 5.92 Å². The summed E-state index contributed by atoms with van der Waals surface area (Å²) in [5.74, 6) is 0.322. The molecular formula is C24H30N4O3S. The third kappa shape index (κ3) is 5.69. The normalized spacial score (nSPS) is 12.8. The molecule has 0 aliphatic heterocycles. The van der Waals surface area contributed by atoms with Gasteiger partial charge in [0.15, 0.2) is 0 Å². The molecule has 0 saturated heterocycles. The zero-order chi connectivity index (χ0) is 23.5. The number of carbonyl (C=O) groups excluding carboxylic acids is 1. The lowest BCUT2D eigenvalue weighted by Crippen LogP contribution is -2.47. The second-order valence-electron chi connectivity index (χ2n) is 8.55. The molecule has 0 aliphatic rings. The minimum Gasteiger partial charge on any atom is -0.337 e. The summed E-state index contributed by atoms with van der Waals surface area (Å²) in [5, 5.41) is 0.966. The molecule has 170 valence electrons. The number of carbonyl (C=O) groups is 1. The summed E-state index contributed by atoms with van der Waals surface area (Å²) in [5.41, 5.74) is 2.61. The Bertz CT molecular complexity index is 1210. The Labute approximate surface area is 189 Å². The lowest BCUT2D eigenvalue weighted by molar-refractivity contribution is -0.132. The van der Waals surface area contributed by atoms with Crippen molar-refractivity contribution in [1.29, 1.82) is 0 Å². The van der Waals surface area contributed by atoms with Crippen LogP contribution in [0.25, 0.3) is 10.9 Å². The summed E-state index contributed by atoms with van der Waals surface area (Å²) in [4.78, 5) is 24.0. The molecule has 0 spiro atoms. The predicted octanol–water partition coefficient (Wildman–Crippen LogP) is 3.60. The van der Waals surface area contributed by atoms with Crippen molar-refractivity contribution < 1.29 is 13.2 Å². The maximum atomic E-state index is 13.2. The van der Waals surface area contributed by atoms with Crippen molar-refractivity contribution in [3.63, 3.8) is 0 Å². The number of fused-ring (bicyclic) bond motifs is 1. The molecule has 1 aromatic heterocycles. The number of aryl methyl sites for hydroxylation is 2. The van der Waals surface area contributed by atoms with E-state index in [1.54, 1.807) is 31.3 Å². The topological polar surface area (TPSA) is 92.3 Å². The van der Waals surface area contributed by atoms with Crippen molar-refractivity contribution >= 4 is 26.8 Å². The number of hydrogen-bond acceptors (Lipinski definition) is 5. The number of likely N-dealkylation sites (N-methyl/N-ethyl adjacent to an activating group) is 1. The number of amides is 1. The van der Waals surface area contributed by atoms with Gasteiger partial charge in [0, 0.05) is 18.1 Å². The molecule has 1 N–H and O–H groups in total. The average Bonchev–Trinajstić information content (AvgIpc) is 2.72. The van der Waals surface area contributed by atoms with Crippen molar-refractivity contribution in [1.82, 2.24) is 19.6 Å². The molecule has 0 saturated carbocycles. The average molecular weight is 455 g/mol. The van der Waals surface area contributed by atoms with Gasteiger partial charge in [0.2, 0.25) is 15.9 Å². The number of sulfonamides is 1. The second kappa shape index (κ2) is 9.75. The van der Waals surface area contributed by atoms with E-state index in [9.17, 15) is 13.2 Å². The number of para-hydroxylation sites is 1. The third-order valence-electron chi connectivity index (χ3n) is 5.23. The van der Waals surface area contributed by atoms with Crippen LogP contribution < -0.4 is 4.72 Å². The highest BCUT2D eigenvalue weighted by molar-refractivity contribution is 7.89. The molecule has 0 fully saturated rings. The van der Waals surface area contributed by atoms with Crippen LogP contribution in [0.2, 0.25) is 0 Å². The van der Waals surface area contributed by atoms with Gasteiger partial charge in [-0.1, -0.05) is 49.7 Å². The Morgan fingerprint density at radius 3 is 2.34 bits per heavy atom. The molecule has 8 heteroatoms. The molecule has 1 amide bonds. The first kappa shape index (κ1) is 23.8. The van der Waals surface area contributed by atoms with E-state index in [1.165, 1.54) is 4.90 Å². The van der Waals surface area contributed by atoms with Gasteiger partial charge in [-0.25, -0.2) is 18.4 Å².